The average molecular weight is 1220 g/mol. The Hall–Kier alpha value is -6.46. The smallest absolute Gasteiger partial charge is 0.246 e. The number of nitrogens with one attached hydrogen (secondary N) is 4. The third kappa shape index (κ3) is 21.7. The normalized spacial score (nSPS) is 26.7. The maximum absolute atomic E-state index is 15.1. The standard InChI is InChI=1S/C62H109N11O13/c1-24-43-58(82)67(17)33-48(75)68(18)44(29-34(2)3)55(79)66-49(38(10)11)61(85)69(19)45(30-35(4)5)54(78)63-41(15)53(77)64-42(16)57(81)70(20)46(31-36(6)7)59(83)71(21)47(32-37(8)9)60(84)72(22)50(39(12)13)62(86)73(23)51(56(80)65-43)52(76)40(14)27-25-26-28-74/h25-26,28,34-47,49-52,76H,24,27,29-33H2,1-23H3,(H,63,78)(H,64,77)(H,65,80)(H,66,79)/b26-25+/t40-,41+,42-,43+,44+,45+,46+,47+,49+,50+,51+,52-/m1/s1. The molecule has 0 aromatic rings. The molecule has 1 aliphatic rings. The van der Waals surface area contributed by atoms with E-state index in [-0.39, 0.29) is 62.2 Å². The van der Waals surface area contributed by atoms with Gasteiger partial charge in [-0.1, -0.05) is 103 Å². The van der Waals surface area contributed by atoms with Crippen molar-refractivity contribution in [2.24, 2.45) is 41.4 Å². The van der Waals surface area contributed by atoms with Gasteiger partial charge in [-0.15, -0.1) is 0 Å². The lowest BCUT2D eigenvalue weighted by Gasteiger charge is -2.41. The number of carbonyl (C=O) groups excluding carboxylic acids is 12. The summed E-state index contributed by atoms with van der Waals surface area (Å²) in [5.41, 5.74) is 0. The maximum Gasteiger partial charge on any atom is 0.246 e. The van der Waals surface area contributed by atoms with E-state index in [1.165, 1.54) is 99.8 Å². The molecular formula is C62H109N11O13. The molecule has 1 saturated heterocycles. The minimum atomic E-state index is -1.70. The van der Waals surface area contributed by atoms with Crippen LogP contribution in [0.3, 0.4) is 0 Å². The number of aliphatic hydroxyl groups is 1. The van der Waals surface area contributed by atoms with Gasteiger partial charge in [-0.3, -0.25) is 57.5 Å². The number of rotatable bonds is 16. The van der Waals surface area contributed by atoms with Crippen molar-refractivity contribution < 1.29 is 62.6 Å². The van der Waals surface area contributed by atoms with Crippen LogP contribution in [0.4, 0.5) is 0 Å². The van der Waals surface area contributed by atoms with E-state index in [0.29, 0.717) is 6.29 Å². The fraction of sp³-hybridized carbons (Fsp3) is 0.774. The molecule has 490 valence electrons. The van der Waals surface area contributed by atoms with E-state index in [1.807, 2.05) is 55.4 Å². The first-order valence-corrected chi connectivity index (χ1v) is 30.6. The third-order valence-electron chi connectivity index (χ3n) is 16.1. The van der Waals surface area contributed by atoms with Crippen molar-refractivity contribution in [1.82, 2.24) is 55.6 Å². The molecule has 1 rings (SSSR count). The number of amides is 11. The van der Waals surface area contributed by atoms with Gasteiger partial charge in [-0.05, 0) is 99.9 Å². The molecule has 0 unspecified atom stereocenters. The number of carbonyl (C=O) groups is 12. The largest absolute Gasteiger partial charge is 0.390 e. The van der Waals surface area contributed by atoms with Crippen molar-refractivity contribution in [2.45, 2.75) is 216 Å². The molecule has 86 heavy (non-hydrogen) atoms. The minimum Gasteiger partial charge on any atom is -0.390 e. The Morgan fingerprint density at radius 1 is 0.465 bits per heavy atom. The summed E-state index contributed by atoms with van der Waals surface area (Å²) < 4.78 is 0. The Labute approximate surface area is 513 Å². The van der Waals surface area contributed by atoms with Crippen LogP contribution in [-0.2, 0) is 57.5 Å². The Morgan fingerprint density at radius 2 is 0.884 bits per heavy atom. The van der Waals surface area contributed by atoms with Crippen LogP contribution < -0.4 is 21.3 Å². The molecule has 24 heteroatoms. The highest BCUT2D eigenvalue weighted by molar-refractivity contribution is 5.99. The molecule has 0 spiro atoms. The lowest BCUT2D eigenvalue weighted by Crippen LogP contribution is -2.63. The third-order valence-corrected chi connectivity index (χ3v) is 16.1. The molecule has 0 bridgehead atoms. The Bertz CT molecular complexity index is 2380. The van der Waals surface area contributed by atoms with E-state index < -0.39 is 156 Å². The van der Waals surface area contributed by atoms with E-state index in [4.69, 9.17) is 0 Å². The van der Waals surface area contributed by atoms with E-state index in [9.17, 15) is 53.1 Å². The van der Waals surface area contributed by atoms with E-state index in [2.05, 4.69) is 21.3 Å². The average Bonchev–Trinajstić information content (AvgIpc) is 1.45. The van der Waals surface area contributed by atoms with Crippen molar-refractivity contribution in [3.8, 4) is 0 Å². The summed E-state index contributed by atoms with van der Waals surface area (Å²) in [6.45, 7) is 27.2. The van der Waals surface area contributed by atoms with Gasteiger partial charge in [0.15, 0.2) is 0 Å². The Morgan fingerprint density at radius 3 is 1.34 bits per heavy atom. The van der Waals surface area contributed by atoms with Crippen LogP contribution in [0.5, 0.6) is 0 Å². The van der Waals surface area contributed by atoms with Gasteiger partial charge >= 0.3 is 0 Å². The second-order valence-electron chi connectivity index (χ2n) is 26.1. The van der Waals surface area contributed by atoms with Gasteiger partial charge in [0.05, 0.1) is 12.6 Å². The predicted octanol–water partition coefficient (Wildman–Crippen LogP) is 2.45. The fourth-order valence-electron chi connectivity index (χ4n) is 10.7. The number of likely N-dealkylation sites (N-methyl/N-ethyl adjacent to an activating group) is 7. The molecule has 1 fully saturated rings. The van der Waals surface area contributed by atoms with Crippen molar-refractivity contribution in [2.75, 3.05) is 55.9 Å². The number of aliphatic hydroxyl groups excluding tert-OH is 1. The molecule has 0 radical (unpaired) electrons. The topological polar surface area (TPSA) is 296 Å². The van der Waals surface area contributed by atoms with Gasteiger partial charge in [0.1, 0.15) is 66.7 Å². The summed E-state index contributed by atoms with van der Waals surface area (Å²) >= 11 is 0. The molecule has 12 atom stereocenters. The lowest BCUT2D eigenvalue weighted by molar-refractivity contribution is -0.157. The van der Waals surface area contributed by atoms with E-state index in [1.54, 1.807) is 41.5 Å². The van der Waals surface area contributed by atoms with Crippen LogP contribution in [0.2, 0.25) is 0 Å². The van der Waals surface area contributed by atoms with Crippen molar-refractivity contribution in [3.63, 3.8) is 0 Å². The summed E-state index contributed by atoms with van der Waals surface area (Å²) in [6, 6.07) is -12.6. The number of allylic oxidation sites excluding steroid dienone is 2. The van der Waals surface area contributed by atoms with Gasteiger partial charge in [0, 0.05) is 49.3 Å². The number of hydrogen-bond donors (Lipinski definition) is 5. The molecule has 0 aromatic heterocycles. The Balaban J connectivity index is 4.34. The molecular weight excluding hydrogens is 1110 g/mol. The first kappa shape index (κ1) is 77.6. The van der Waals surface area contributed by atoms with Crippen LogP contribution >= 0.6 is 0 Å². The first-order valence-electron chi connectivity index (χ1n) is 30.6. The van der Waals surface area contributed by atoms with Crippen molar-refractivity contribution >= 4 is 71.3 Å². The van der Waals surface area contributed by atoms with Crippen LogP contribution in [0, 0.1) is 41.4 Å². The number of aldehydes is 1. The highest BCUT2D eigenvalue weighted by Gasteiger charge is 2.45. The molecule has 0 saturated carbocycles. The monoisotopic (exact) mass is 1220 g/mol. The molecule has 0 aliphatic carbocycles. The number of hydrogen-bond acceptors (Lipinski definition) is 13. The zero-order valence-electron chi connectivity index (χ0n) is 56.1. The molecule has 11 amide bonds. The lowest BCUT2D eigenvalue weighted by atomic mass is 9.91. The van der Waals surface area contributed by atoms with Gasteiger partial charge < -0.3 is 60.7 Å². The highest BCUT2D eigenvalue weighted by atomic mass is 16.3. The zero-order chi connectivity index (χ0) is 66.7. The van der Waals surface area contributed by atoms with Gasteiger partial charge in [-0.25, -0.2) is 0 Å². The molecule has 0 aromatic carbocycles. The Kier molecular flexibility index (Phi) is 31.9. The zero-order valence-corrected chi connectivity index (χ0v) is 56.1. The maximum atomic E-state index is 15.1. The van der Waals surface area contributed by atoms with E-state index in [0.717, 1.165) is 9.80 Å². The number of nitrogens with zero attached hydrogens (tertiary/aromatic N) is 7. The van der Waals surface area contributed by atoms with Crippen molar-refractivity contribution in [3.05, 3.63) is 12.2 Å². The van der Waals surface area contributed by atoms with Crippen LogP contribution in [0.1, 0.15) is 149 Å². The summed E-state index contributed by atoms with van der Waals surface area (Å²) in [6.07, 6.45) is 2.28. The quantitative estimate of drug-likeness (QED) is 0.110. The summed E-state index contributed by atoms with van der Waals surface area (Å²) in [5, 5.41) is 23.0. The predicted molar refractivity (Wildman–Crippen MR) is 329 cm³/mol. The first-order chi connectivity index (χ1) is 39.7. The second-order valence-corrected chi connectivity index (χ2v) is 26.1. The summed E-state index contributed by atoms with van der Waals surface area (Å²) in [7, 11) is 9.75. The van der Waals surface area contributed by atoms with Gasteiger partial charge in [0.25, 0.3) is 0 Å². The van der Waals surface area contributed by atoms with Gasteiger partial charge in [-0.2, -0.15) is 0 Å². The minimum absolute atomic E-state index is 0.0153. The van der Waals surface area contributed by atoms with Crippen LogP contribution in [-0.4, -0.2) is 233 Å². The van der Waals surface area contributed by atoms with E-state index >= 15 is 9.59 Å². The molecule has 24 nitrogen and oxygen atoms in total. The molecule has 1 heterocycles. The summed E-state index contributed by atoms with van der Waals surface area (Å²) in [4.78, 5) is 180. The second kappa shape index (κ2) is 35.4. The fourth-order valence-corrected chi connectivity index (χ4v) is 10.7. The van der Waals surface area contributed by atoms with Crippen LogP contribution in [0.15, 0.2) is 12.2 Å². The summed E-state index contributed by atoms with van der Waals surface area (Å²) in [5.74, 6) is -10.3. The van der Waals surface area contributed by atoms with Crippen LogP contribution in [0.25, 0.3) is 0 Å². The highest BCUT2D eigenvalue weighted by Crippen LogP contribution is 2.26. The van der Waals surface area contributed by atoms with Gasteiger partial charge in [0.2, 0.25) is 65.0 Å². The molecule has 1 aliphatic heterocycles. The SMILES string of the molecule is CC[C@@H]1NC(=O)[C@H]([C@H](O)[C@H](C)C/C=C/C=O)N(C)C(=O)[C@H](C(C)C)N(C)C(=O)[C@H](CC(C)C)N(C)C(=O)[C@H](CC(C)C)N(C)C(=O)[C@@H](C)NC(=O)[C@H](C)NC(=O)[C@H](CC(C)C)N(C)C(=O)[C@H](C(C)C)NC(=O)[C@H](CC(C)C)N(C)C(=O)CN(C)C1=O. The molecule has 5 N–H and O–H groups in total. The van der Waals surface area contributed by atoms with Crippen molar-refractivity contribution in [1.29, 1.82) is 0 Å².